The number of halogens is 1. The lowest BCUT2D eigenvalue weighted by molar-refractivity contribution is -0.114. The number of hydrogen-bond acceptors (Lipinski definition) is 5. The van der Waals surface area contributed by atoms with Crippen LogP contribution in [-0.2, 0) is 14.8 Å². The molecular weight excluding hydrogens is 394 g/mol. The van der Waals surface area contributed by atoms with Gasteiger partial charge in [-0.05, 0) is 30.3 Å². The van der Waals surface area contributed by atoms with E-state index in [9.17, 15) is 18.0 Å². The Morgan fingerprint density at radius 3 is 2.48 bits per heavy atom. The molecule has 0 saturated heterocycles. The fourth-order valence-corrected chi connectivity index (χ4v) is 3.38. The number of nitrogens with two attached hydrogens (primary N) is 1. The standard InChI is InChI=1S/C17H18ClN3O5S/c1-26-15-8-7-11(18)9-14(15)21(27(2,24)25)10-16(22)20-13-6-4-3-5-12(13)17(19)23/h3-9H,10H2,1-2H3,(H2,19,23)(H,20,22). The first kappa shape index (κ1) is 20.5. The highest BCUT2D eigenvalue weighted by Crippen LogP contribution is 2.32. The summed E-state index contributed by atoms with van der Waals surface area (Å²) < 4.78 is 30.5. The van der Waals surface area contributed by atoms with E-state index in [-0.39, 0.29) is 27.7 Å². The van der Waals surface area contributed by atoms with Crippen LogP contribution in [0.2, 0.25) is 5.02 Å². The number of amides is 2. The molecule has 0 aromatic heterocycles. The molecule has 0 aliphatic carbocycles. The van der Waals surface area contributed by atoms with E-state index in [1.807, 2.05) is 0 Å². The van der Waals surface area contributed by atoms with Crippen LogP contribution in [0.4, 0.5) is 11.4 Å². The van der Waals surface area contributed by atoms with Crippen LogP contribution in [0.15, 0.2) is 42.5 Å². The third kappa shape index (κ3) is 5.11. The fraction of sp³-hybridized carbons (Fsp3) is 0.176. The van der Waals surface area contributed by atoms with E-state index >= 15 is 0 Å². The van der Waals surface area contributed by atoms with E-state index in [4.69, 9.17) is 22.1 Å². The van der Waals surface area contributed by atoms with Crippen LogP contribution >= 0.6 is 11.6 Å². The van der Waals surface area contributed by atoms with E-state index < -0.39 is 28.4 Å². The zero-order valence-electron chi connectivity index (χ0n) is 14.6. The van der Waals surface area contributed by atoms with Crippen molar-refractivity contribution in [3.05, 3.63) is 53.1 Å². The number of nitrogens with one attached hydrogen (secondary N) is 1. The average molecular weight is 412 g/mol. The normalized spacial score (nSPS) is 10.9. The summed E-state index contributed by atoms with van der Waals surface area (Å²) in [4.78, 5) is 23.9. The Kier molecular flexibility index (Phi) is 6.29. The van der Waals surface area contributed by atoms with E-state index in [0.717, 1.165) is 10.6 Å². The number of anilines is 2. The Balaban J connectivity index is 2.35. The van der Waals surface area contributed by atoms with Crippen molar-refractivity contribution in [2.45, 2.75) is 0 Å². The number of carbonyl (C=O) groups excluding carboxylic acids is 2. The van der Waals surface area contributed by atoms with Crippen LogP contribution < -0.4 is 20.1 Å². The molecule has 0 heterocycles. The molecule has 0 saturated carbocycles. The molecule has 0 unspecified atom stereocenters. The van der Waals surface area contributed by atoms with Crippen molar-refractivity contribution in [2.24, 2.45) is 5.73 Å². The Bertz CT molecular complexity index is 978. The van der Waals surface area contributed by atoms with Crippen LogP contribution in [0, 0.1) is 0 Å². The summed E-state index contributed by atoms with van der Waals surface area (Å²) in [5.41, 5.74) is 5.69. The number of sulfonamides is 1. The molecule has 8 nitrogen and oxygen atoms in total. The van der Waals surface area contributed by atoms with E-state index in [0.29, 0.717) is 0 Å². The summed E-state index contributed by atoms with van der Waals surface area (Å²) in [5, 5.41) is 2.77. The van der Waals surface area contributed by atoms with E-state index in [1.165, 1.54) is 37.4 Å². The lowest BCUT2D eigenvalue weighted by Gasteiger charge is -2.24. The predicted octanol–water partition coefficient (Wildman–Crippen LogP) is 1.85. The minimum atomic E-state index is -3.84. The zero-order chi connectivity index (χ0) is 20.2. The lowest BCUT2D eigenvalue weighted by Crippen LogP contribution is -2.38. The number of carbonyl (C=O) groups is 2. The van der Waals surface area contributed by atoms with Gasteiger partial charge in [0.15, 0.2) is 0 Å². The van der Waals surface area contributed by atoms with Gasteiger partial charge in [-0.1, -0.05) is 23.7 Å². The van der Waals surface area contributed by atoms with Gasteiger partial charge in [0.05, 0.1) is 30.3 Å². The van der Waals surface area contributed by atoms with Gasteiger partial charge in [0.25, 0.3) is 5.91 Å². The minimum absolute atomic E-state index is 0.108. The van der Waals surface area contributed by atoms with Crippen LogP contribution in [0.1, 0.15) is 10.4 Å². The Labute approximate surface area is 161 Å². The zero-order valence-corrected chi connectivity index (χ0v) is 16.2. The molecule has 2 aromatic rings. The summed E-state index contributed by atoms with van der Waals surface area (Å²) in [6, 6.07) is 10.6. The number of ether oxygens (including phenoxy) is 1. The van der Waals surface area contributed by atoms with Gasteiger partial charge >= 0.3 is 0 Å². The van der Waals surface area contributed by atoms with E-state index in [2.05, 4.69) is 5.32 Å². The molecule has 0 atom stereocenters. The first-order chi connectivity index (χ1) is 12.6. The second kappa shape index (κ2) is 8.28. The second-order valence-corrected chi connectivity index (χ2v) is 7.89. The summed E-state index contributed by atoms with van der Waals surface area (Å²) in [6.45, 7) is -0.553. The van der Waals surface area contributed by atoms with Gasteiger partial charge in [0, 0.05) is 5.02 Å². The fourth-order valence-electron chi connectivity index (χ4n) is 2.37. The maximum absolute atomic E-state index is 12.5. The molecule has 27 heavy (non-hydrogen) atoms. The van der Waals surface area contributed by atoms with Crippen molar-refractivity contribution < 1.29 is 22.7 Å². The highest BCUT2D eigenvalue weighted by atomic mass is 35.5. The van der Waals surface area contributed by atoms with Crippen LogP contribution in [-0.4, -0.2) is 40.1 Å². The molecule has 2 aromatic carbocycles. The van der Waals surface area contributed by atoms with Gasteiger partial charge in [-0.2, -0.15) is 0 Å². The van der Waals surface area contributed by atoms with Crippen LogP contribution in [0.5, 0.6) is 5.75 Å². The van der Waals surface area contributed by atoms with Crippen molar-refractivity contribution in [2.75, 3.05) is 29.5 Å². The molecule has 0 aliphatic rings. The second-order valence-electron chi connectivity index (χ2n) is 5.54. The molecule has 2 rings (SSSR count). The van der Waals surface area contributed by atoms with Crippen molar-refractivity contribution in [1.82, 2.24) is 0 Å². The highest BCUT2D eigenvalue weighted by molar-refractivity contribution is 7.92. The lowest BCUT2D eigenvalue weighted by atomic mass is 10.1. The number of rotatable bonds is 7. The first-order valence-corrected chi connectivity index (χ1v) is 9.86. The number of hydrogen-bond donors (Lipinski definition) is 2. The van der Waals surface area contributed by atoms with Crippen molar-refractivity contribution in [1.29, 1.82) is 0 Å². The number of nitrogens with zero attached hydrogens (tertiary/aromatic N) is 1. The third-order valence-electron chi connectivity index (χ3n) is 3.56. The summed E-state index contributed by atoms with van der Waals surface area (Å²) in [7, 11) is -2.47. The van der Waals surface area contributed by atoms with Gasteiger partial charge < -0.3 is 15.8 Å². The Hall–Kier alpha value is -2.78. The van der Waals surface area contributed by atoms with Gasteiger partial charge in [-0.25, -0.2) is 8.42 Å². The van der Waals surface area contributed by atoms with Crippen molar-refractivity contribution >= 4 is 44.8 Å². The number of benzene rings is 2. The maximum Gasteiger partial charge on any atom is 0.250 e. The quantitative estimate of drug-likeness (QED) is 0.720. The number of primary amides is 1. The van der Waals surface area contributed by atoms with Crippen molar-refractivity contribution in [3.8, 4) is 5.75 Å². The topological polar surface area (TPSA) is 119 Å². The van der Waals surface area contributed by atoms with Crippen LogP contribution in [0.25, 0.3) is 0 Å². The molecule has 0 fully saturated rings. The van der Waals surface area contributed by atoms with Gasteiger partial charge in [-0.15, -0.1) is 0 Å². The molecule has 0 aliphatic heterocycles. The number of para-hydroxylation sites is 1. The largest absolute Gasteiger partial charge is 0.495 e. The summed E-state index contributed by atoms with van der Waals surface area (Å²) in [5.74, 6) is -1.16. The number of methoxy groups -OCH3 is 1. The minimum Gasteiger partial charge on any atom is -0.495 e. The summed E-state index contributed by atoms with van der Waals surface area (Å²) >= 11 is 5.96. The molecule has 10 heteroatoms. The predicted molar refractivity (Wildman–Crippen MR) is 104 cm³/mol. The third-order valence-corrected chi connectivity index (χ3v) is 4.93. The average Bonchev–Trinajstić information content (AvgIpc) is 2.59. The molecule has 0 radical (unpaired) electrons. The molecule has 0 spiro atoms. The SMILES string of the molecule is COc1ccc(Cl)cc1N(CC(=O)Nc1ccccc1C(N)=O)S(C)(=O)=O. The van der Waals surface area contributed by atoms with Gasteiger partial charge in [-0.3, -0.25) is 13.9 Å². The Morgan fingerprint density at radius 1 is 1.22 bits per heavy atom. The molecular formula is C17H18ClN3O5S. The Morgan fingerprint density at radius 2 is 1.89 bits per heavy atom. The van der Waals surface area contributed by atoms with E-state index in [1.54, 1.807) is 12.1 Å². The van der Waals surface area contributed by atoms with Gasteiger partial charge in [0.2, 0.25) is 15.9 Å². The first-order valence-electron chi connectivity index (χ1n) is 7.63. The molecule has 3 N–H and O–H groups in total. The smallest absolute Gasteiger partial charge is 0.250 e. The van der Waals surface area contributed by atoms with Crippen molar-refractivity contribution in [3.63, 3.8) is 0 Å². The molecule has 144 valence electrons. The molecule has 0 bridgehead atoms. The maximum atomic E-state index is 12.5. The van der Waals surface area contributed by atoms with Crippen LogP contribution in [0.3, 0.4) is 0 Å². The molecule has 2 amide bonds. The highest BCUT2D eigenvalue weighted by Gasteiger charge is 2.25. The summed E-state index contributed by atoms with van der Waals surface area (Å²) in [6.07, 6.45) is 0.956. The monoisotopic (exact) mass is 411 g/mol. The van der Waals surface area contributed by atoms with Gasteiger partial charge in [0.1, 0.15) is 12.3 Å².